The van der Waals surface area contributed by atoms with E-state index in [-0.39, 0.29) is 12.1 Å². The number of nitrogens with two attached hydrogens (primary N) is 1. The molecule has 18 heavy (non-hydrogen) atoms. The fraction of sp³-hybridized carbons (Fsp3) is 0.455. The molecule has 7 nitrogen and oxygen atoms in total. The van der Waals surface area contributed by atoms with Crippen molar-refractivity contribution >= 4 is 17.7 Å². The van der Waals surface area contributed by atoms with Gasteiger partial charge in [0.2, 0.25) is 0 Å². The van der Waals surface area contributed by atoms with Crippen molar-refractivity contribution in [1.82, 2.24) is 10.2 Å². The van der Waals surface area contributed by atoms with Crippen LogP contribution in [0.5, 0.6) is 0 Å². The van der Waals surface area contributed by atoms with Gasteiger partial charge in [0.1, 0.15) is 5.82 Å². The van der Waals surface area contributed by atoms with E-state index < -0.39 is 17.4 Å². The maximum absolute atomic E-state index is 10.8. The minimum atomic E-state index is -0.844. The number of carboxylic acids is 1. The lowest BCUT2D eigenvalue weighted by molar-refractivity contribution is -0.138. The lowest BCUT2D eigenvalue weighted by Gasteiger charge is -2.41. The molecule has 0 aliphatic heterocycles. The zero-order chi connectivity index (χ0) is 13.2. The van der Waals surface area contributed by atoms with Crippen LogP contribution in [0.25, 0.3) is 0 Å². The summed E-state index contributed by atoms with van der Waals surface area (Å²) in [6, 6.07) is 3.04. The van der Waals surface area contributed by atoms with Gasteiger partial charge in [-0.1, -0.05) is 0 Å². The molecule has 1 fully saturated rings. The number of carbonyl (C=O) groups excluding carboxylic acids is 1. The van der Waals surface area contributed by atoms with E-state index in [2.05, 4.69) is 15.5 Å². The molecule has 1 heterocycles. The third kappa shape index (κ3) is 2.55. The molecule has 1 aliphatic carbocycles. The largest absolute Gasteiger partial charge is 0.481 e. The van der Waals surface area contributed by atoms with Crippen molar-refractivity contribution in [1.29, 1.82) is 0 Å². The summed E-state index contributed by atoms with van der Waals surface area (Å²) in [6.45, 7) is 0. The van der Waals surface area contributed by atoms with Gasteiger partial charge in [-0.15, -0.1) is 10.2 Å². The van der Waals surface area contributed by atoms with E-state index in [1.54, 1.807) is 6.07 Å². The van der Waals surface area contributed by atoms with Crippen molar-refractivity contribution < 1.29 is 14.7 Å². The predicted octanol–water partition coefficient (Wildman–Crippen LogP) is 0.385. The highest BCUT2D eigenvalue weighted by Gasteiger charge is 2.39. The molecule has 1 aromatic rings. The van der Waals surface area contributed by atoms with Crippen molar-refractivity contribution in [3.8, 4) is 0 Å². The second-order valence-corrected chi connectivity index (χ2v) is 4.50. The Balaban J connectivity index is 2.08. The Bertz CT molecular complexity index is 468. The monoisotopic (exact) mass is 250 g/mol. The predicted molar refractivity (Wildman–Crippen MR) is 63.0 cm³/mol. The first-order valence-corrected chi connectivity index (χ1v) is 5.64. The fourth-order valence-corrected chi connectivity index (χ4v) is 2.04. The van der Waals surface area contributed by atoms with Crippen LogP contribution in [0, 0.1) is 0 Å². The highest BCUT2D eigenvalue weighted by molar-refractivity contribution is 5.90. The summed E-state index contributed by atoms with van der Waals surface area (Å²) in [5.41, 5.74) is 4.70. The Labute approximate surface area is 103 Å². The first-order chi connectivity index (χ1) is 8.51. The summed E-state index contributed by atoms with van der Waals surface area (Å²) in [5, 5.41) is 19.4. The van der Waals surface area contributed by atoms with E-state index >= 15 is 0 Å². The van der Waals surface area contributed by atoms with Gasteiger partial charge in [-0.05, 0) is 31.4 Å². The molecule has 1 amide bonds. The molecule has 0 aromatic carbocycles. The van der Waals surface area contributed by atoms with Crippen molar-refractivity contribution in [3.05, 3.63) is 17.8 Å². The van der Waals surface area contributed by atoms with Gasteiger partial charge in [-0.3, -0.25) is 9.59 Å². The second-order valence-electron chi connectivity index (χ2n) is 4.50. The third-order valence-corrected chi connectivity index (χ3v) is 3.11. The molecule has 4 N–H and O–H groups in total. The minimum Gasteiger partial charge on any atom is -0.481 e. The van der Waals surface area contributed by atoms with Crippen LogP contribution in [0.1, 0.15) is 36.2 Å². The van der Waals surface area contributed by atoms with Crippen LogP contribution >= 0.6 is 0 Å². The molecule has 2 rings (SSSR count). The lowest BCUT2D eigenvalue weighted by Crippen LogP contribution is -2.47. The van der Waals surface area contributed by atoms with E-state index in [4.69, 9.17) is 10.8 Å². The van der Waals surface area contributed by atoms with Crippen LogP contribution in [0.15, 0.2) is 12.1 Å². The van der Waals surface area contributed by atoms with Crippen LogP contribution in [-0.4, -0.2) is 32.7 Å². The number of aliphatic carboxylic acids is 1. The SMILES string of the molecule is NC(=O)c1ccc(NC2(CC(=O)O)CCC2)nn1. The smallest absolute Gasteiger partial charge is 0.305 e. The number of aromatic nitrogens is 2. The summed E-state index contributed by atoms with van der Waals surface area (Å²) in [5.74, 6) is -1.03. The van der Waals surface area contributed by atoms with Crippen LogP contribution in [0.3, 0.4) is 0 Å². The van der Waals surface area contributed by atoms with E-state index in [0.717, 1.165) is 19.3 Å². The first-order valence-electron chi connectivity index (χ1n) is 5.64. The molecule has 0 radical (unpaired) electrons. The molecule has 7 heteroatoms. The van der Waals surface area contributed by atoms with Crippen molar-refractivity contribution in [2.45, 2.75) is 31.2 Å². The fourth-order valence-electron chi connectivity index (χ4n) is 2.04. The van der Waals surface area contributed by atoms with Crippen molar-refractivity contribution in [2.24, 2.45) is 5.73 Å². The summed E-state index contributed by atoms with van der Waals surface area (Å²) in [7, 11) is 0. The number of carbonyl (C=O) groups is 2. The van der Waals surface area contributed by atoms with Gasteiger partial charge >= 0.3 is 5.97 Å². The summed E-state index contributed by atoms with van der Waals surface area (Å²) >= 11 is 0. The molecular formula is C11H14N4O3. The van der Waals surface area contributed by atoms with E-state index in [1.807, 2.05) is 0 Å². The van der Waals surface area contributed by atoms with Crippen LogP contribution in [-0.2, 0) is 4.79 Å². The summed E-state index contributed by atoms with van der Waals surface area (Å²) < 4.78 is 0. The summed E-state index contributed by atoms with van der Waals surface area (Å²) in [4.78, 5) is 21.6. The number of primary amides is 1. The molecule has 1 aliphatic rings. The lowest BCUT2D eigenvalue weighted by atomic mass is 9.74. The minimum absolute atomic E-state index is 0.0479. The van der Waals surface area contributed by atoms with Crippen molar-refractivity contribution in [2.75, 3.05) is 5.32 Å². The average Bonchev–Trinajstić information content (AvgIpc) is 2.26. The third-order valence-electron chi connectivity index (χ3n) is 3.11. The van der Waals surface area contributed by atoms with Gasteiger partial charge in [0, 0.05) is 5.54 Å². The second kappa shape index (κ2) is 4.59. The number of hydrogen-bond donors (Lipinski definition) is 3. The maximum atomic E-state index is 10.8. The topological polar surface area (TPSA) is 118 Å². The van der Waals surface area contributed by atoms with Gasteiger partial charge in [-0.2, -0.15) is 0 Å². The summed E-state index contributed by atoms with van der Waals surface area (Å²) in [6.07, 6.45) is 2.62. The Kier molecular flexibility index (Phi) is 3.14. The van der Waals surface area contributed by atoms with Crippen molar-refractivity contribution in [3.63, 3.8) is 0 Å². The molecular weight excluding hydrogens is 236 g/mol. The number of hydrogen-bond acceptors (Lipinski definition) is 5. The Morgan fingerprint density at radius 1 is 1.39 bits per heavy atom. The number of nitrogens with zero attached hydrogens (tertiary/aromatic N) is 2. The first kappa shape index (κ1) is 12.3. The average molecular weight is 250 g/mol. The zero-order valence-electron chi connectivity index (χ0n) is 9.72. The Morgan fingerprint density at radius 2 is 2.11 bits per heavy atom. The molecule has 96 valence electrons. The van der Waals surface area contributed by atoms with Gasteiger partial charge in [-0.25, -0.2) is 0 Å². The molecule has 0 spiro atoms. The maximum Gasteiger partial charge on any atom is 0.305 e. The number of nitrogens with one attached hydrogen (secondary N) is 1. The molecule has 1 saturated carbocycles. The number of carboxylic acid groups (broad SMARTS) is 1. The van der Waals surface area contributed by atoms with Crippen LogP contribution in [0.2, 0.25) is 0 Å². The normalized spacial score (nSPS) is 16.7. The molecule has 0 saturated heterocycles. The van der Waals surface area contributed by atoms with Gasteiger partial charge in [0.05, 0.1) is 6.42 Å². The van der Waals surface area contributed by atoms with E-state index in [1.165, 1.54) is 6.07 Å². The Morgan fingerprint density at radius 3 is 2.50 bits per heavy atom. The van der Waals surface area contributed by atoms with E-state index in [0.29, 0.717) is 5.82 Å². The van der Waals surface area contributed by atoms with E-state index in [9.17, 15) is 9.59 Å². The van der Waals surface area contributed by atoms with Crippen LogP contribution in [0.4, 0.5) is 5.82 Å². The molecule has 0 unspecified atom stereocenters. The van der Waals surface area contributed by atoms with Gasteiger partial charge < -0.3 is 16.2 Å². The highest BCUT2D eigenvalue weighted by Crippen LogP contribution is 2.37. The number of anilines is 1. The number of rotatable bonds is 5. The zero-order valence-corrected chi connectivity index (χ0v) is 9.72. The Hall–Kier alpha value is -2.18. The van der Waals surface area contributed by atoms with Crippen LogP contribution < -0.4 is 11.1 Å². The number of amides is 1. The van der Waals surface area contributed by atoms with Gasteiger partial charge in [0.25, 0.3) is 5.91 Å². The molecule has 0 atom stereocenters. The highest BCUT2D eigenvalue weighted by atomic mass is 16.4. The standard InChI is InChI=1S/C11H14N4O3/c12-10(18)7-2-3-8(15-14-7)13-11(4-1-5-11)6-9(16)17/h2-3H,1,4-6H2,(H2,12,18)(H,13,15)(H,16,17). The van der Waals surface area contributed by atoms with Gasteiger partial charge in [0.15, 0.2) is 5.69 Å². The molecule has 1 aromatic heterocycles. The molecule has 0 bridgehead atoms. The quantitative estimate of drug-likeness (QED) is 0.695.